The van der Waals surface area contributed by atoms with Crippen molar-refractivity contribution in [1.29, 1.82) is 0 Å². The van der Waals surface area contributed by atoms with Gasteiger partial charge < -0.3 is 0 Å². The molecule has 0 spiro atoms. The lowest BCUT2D eigenvalue weighted by molar-refractivity contribution is -0.129. The minimum Gasteiger partial charge on any atom is -0.299 e. The van der Waals surface area contributed by atoms with Crippen LogP contribution in [0.25, 0.3) is 0 Å². The highest BCUT2D eigenvalue weighted by atomic mass is 28.3. The number of ketones is 1. The number of carbonyl (C=O) groups is 1. The fourth-order valence-electron chi connectivity index (χ4n) is 3.96. The fourth-order valence-corrected chi connectivity index (χ4v) is 6.78. The summed E-state index contributed by atoms with van der Waals surface area (Å²) in [4.78, 5) is 12.6. The van der Waals surface area contributed by atoms with E-state index >= 15 is 0 Å². The van der Waals surface area contributed by atoms with E-state index in [1.807, 2.05) is 0 Å². The second kappa shape index (κ2) is 6.76. The van der Waals surface area contributed by atoms with Gasteiger partial charge in [-0.25, -0.2) is 0 Å². The first-order valence-corrected chi connectivity index (χ1v) is 12.1. The summed E-state index contributed by atoms with van der Waals surface area (Å²) in [7, 11) is -1.56. The van der Waals surface area contributed by atoms with E-state index in [-0.39, 0.29) is 11.3 Å². The zero-order valence-corrected chi connectivity index (χ0v) is 16.5. The molecule has 1 saturated carbocycles. The summed E-state index contributed by atoms with van der Waals surface area (Å²) in [6.45, 7) is 15.9. The van der Waals surface area contributed by atoms with Crippen LogP contribution in [-0.2, 0) is 4.79 Å². The van der Waals surface area contributed by atoms with Crippen molar-refractivity contribution in [2.75, 3.05) is 0 Å². The minimum absolute atomic E-state index is 0.0870. The monoisotopic (exact) mass is 328 g/mol. The van der Waals surface area contributed by atoms with Crippen LogP contribution in [0.3, 0.4) is 0 Å². The van der Waals surface area contributed by atoms with Crippen molar-refractivity contribution in [3.05, 3.63) is 42.5 Å². The number of benzene rings is 1. The van der Waals surface area contributed by atoms with E-state index in [0.29, 0.717) is 11.7 Å². The largest absolute Gasteiger partial charge is 0.299 e. The van der Waals surface area contributed by atoms with Gasteiger partial charge in [0, 0.05) is 12.3 Å². The SMILES string of the molecule is C=C(C[Si](C)(C)c1ccccc1)C(C)(C)[C@@H]1CC[C@@H](C)CC1=O. The Balaban J connectivity index is 2.14. The van der Waals surface area contributed by atoms with Crippen molar-refractivity contribution in [3.8, 4) is 0 Å². The second-order valence-electron chi connectivity index (χ2n) is 8.66. The Morgan fingerprint density at radius 2 is 1.83 bits per heavy atom. The Morgan fingerprint density at radius 3 is 2.39 bits per heavy atom. The molecule has 0 aromatic heterocycles. The average molecular weight is 329 g/mol. The molecule has 0 aliphatic heterocycles. The van der Waals surface area contributed by atoms with E-state index in [1.165, 1.54) is 17.2 Å². The number of carbonyl (C=O) groups excluding carboxylic acids is 1. The van der Waals surface area contributed by atoms with Crippen molar-refractivity contribution in [2.45, 2.75) is 59.2 Å². The van der Waals surface area contributed by atoms with Crippen LogP contribution < -0.4 is 5.19 Å². The standard InChI is InChI=1S/C21H32OSi/c1-16-12-13-19(20(22)14-16)21(3,4)17(2)15-23(5,6)18-10-8-7-9-11-18/h7-11,16,19H,2,12-15H2,1,3-6H3/t16-,19-/m1/s1. The molecule has 1 fully saturated rings. The van der Waals surface area contributed by atoms with E-state index in [2.05, 4.69) is 70.8 Å². The maximum absolute atomic E-state index is 12.6. The van der Waals surface area contributed by atoms with Crippen LogP contribution in [0.2, 0.25) is 19.1 Å². The van der Waals surface area contributed by atoms with E-state index < -0.39 is 8.07 Å². The van der Waals surface area contributed by atoms with Gasteiger partial charge in [-0.2, -0.15) is 0 Å². The first kappa shape index (κ1) is 18.2. The third kappa shape index (κ3) is 4.03. The lowest BCUT2D eigenvalue weighted by Crippen LogP contribution is -2.44. The van der Waals surface area contributed by atoms with Crippen molar-refractivity contribution in [2.24, 2.45) is 17.3 Å². The Labute approximate surface area is 143 Å². The van der Waals surface area contributed by atoms with Crippen LogP contribution in [0, 0.1) is 17.3 Å². The minimum atomic E-state index is -1.56. The number of Topliss-reactive ketones (excluding diaryl/α,β-unsaturated/α-hetero) is 1. The predicted molar refractivity (Wildman–Crippen MR) is 103 cm³/mol. The molecule has 0 saturated heterocycles. The molecule has 0 amide bonds. The normalized spacial score (nSPS) is 22.9. The van der Waals surface area contributed by atoms with Gasteiger partial charge in [0.2, 0.25) is 0 Å². The highest BCUT2D eigenvalue weighted by molar-refractivity contribution is 6.90. The molecule has 126 valence electrons. The Bertz CT molecular complexity index is 571. The highest BCUT2D eigenvalue weighted by Gasteiger charge is 2.41. The van der Waals surface area contributed by atoms with E-state index in [4.69, 9.17) is 0 Å². The Morgan fingerprint density at radius 1 is 1.22 bits per heavy atom. The summed E-state index contributed by atoms with van der Waals surface area (Å²) in [5.74, 6) is 1.17. The van der Waals surface area contributed by atoms with E-state index in [0.717, 1.165) is 18.9 Å². The maximum Gasteiger partial charge on any atom is 0.137 e. The van der Waals surface area contributed by atoms with Gasteiger partial charge in [0.15, 0.2) is 0 Å². The molecule has 1 nitrogen and oxygen atoms in total. The van der Waals surface area contributed by atoms with Crippen molar-refractivity contribution in [3.63, 3.8) is 0 Å². The highest BCUT2D eigenvalue weighted by Crippen LogP contribution is 2.44. The quantitative estimate of drug-likeness (QED) is 0.537. The van der Waals surface area contributed by atoms with Gasteiger partial charge >= 0.3 is 0 Å². The number of rotatable bonds is 5. The summed E-state index contributed by atoms with van der Waals surface area (Å²) < 4.78 is 0. The summed E-state index contributed by atoms with van der Waals surface area (Å²) in [5, 5.41) is 1.47. The van der Waals surface area contributed by atoms with Gasteiger partial charge in [-0.15, -0.1) is 0 Å². The lowest BCUT2D eigenvalue weighted by atomic mass is 9.65. The van der Waals surface area contributed by atoms with Gasteiger partial charge in [-0.3, -0.25) is 4.79 Å². The molecule has 2 heteroatoms. The third-order valence-electron chi connectivity index (χ3n) is 5.88. The van der Waals surface area contributed by atoms with Crippen LogP contribution >= 0.6 is 0 Å². The molecule has 1 aliphatic carbocycles. The Hall–Kier alpha value is -1.15. The van der Waals surface area contributed by atoms with E-state index in [1.54, 1.807) is 0 Å². The van der Waals surface area contributed by atoms with Crippen molar-refractivity contribution < 1.29 is 4.79 Å². The summed E-state index contributed by atoms with van der Waals surface area (Å²) in [6.07, 6.45) is 2.95. The molecule has 0 N–H and O–H groups in total. The van der Waals surface area contributed by atoms with Crippen LogP contribution in [0.1, 0.15) is 40.0 Å². The summed E-state index contributed by atoms with van der Waals surface area (Å²) in [6, 6.07) is 11.9. The first-order chi connectivity index (χ1) is 10.6. The van der Waals surface area contributed by atoms with Crippen molar-refractivity contribution >= 4 is 19.0 Å². The molecule has 0 radical (unpaired) electrons. The van der Waals surface area contributed by atoms with Crippen LogP contribution in [0.4, 0.5) is 0 Å². The zero-order chi connectivity index (χ0) is 17.3. The molecule has 0 heterocycles. The molecule has 1 aromatic rings. The molecule has 1 aliphatic rings. The van der Waals surface area contributed by atoms with Crippen LogP contribution in [-0.4, -0.2) is 13.9 Å². The predicted octanol–water partition coefficient (Wildman–Crippen LogP) is 5.19. The maximum atomic E-state index is 12.6. The Kier molecular flexibility index (Phi) is 5.35. The molecule has 0 bridgehead atoms. The second-order valence-corrected chi connectivity index (χ2v) is 13.4. The van der Waals surface area contributed by atoms with Gasteiger partial charge in [0.25, 0.3) is 0 Å². The molecule has 1 aromatic carbocycles. The molecular formula is C21H32OSi. The van der Waals surface area contributed by atoms with Crippen LogP contribution in [0.15, 0.2) is 42.5 Å². The number of allylic oxidation sites excluding steroid dienone is 1. The number of hydrogen-bond donors (Lipinski definition) is 0. The van der Waals surface area contributed by atoms with Gasteiger partial charge in [0.1, 0.15) is 5.78 Å². The summed E-state index contributed by atoms with van der Waals surface area (Å²) >= 11 is 0. The molecule has 0 unspecified atom stereocenters. The smallest absolute Gasteiger partial charge is 0.137 e. The zero-order valence-electron chi connectivity index (χ0n) is 15.5. The molecular weight excluding hydrogens is 296 g/mol. The van der Waals surface area contributed by atoms with Gasteiger partial charge in [-0.05, 0) is 30.2 Å². The van der Waals surface area contributed by atoms with Gasteiger partial charge in [-0.1, -0.05) is 81.5 Å². The van der Waals surface area contributed by atoms with Gasteiger partial charge in [0.05, 0.1) is 8.07 Å². The first-order valence-electron chi connectivity index (χ1n) is 8.91. The third-order valence-corrected chi connectivity index (χ3v) is 9.09. The van der Waals surface area contributed by atoms with Crippen LogP contribution in [0.5, 0.6) is 0 Å². The molecule has 2 atom stereocenters. The fraction of sp³-hybridized carbons (Fsp3) is 0.571. The molecule has 2 rings (SSSR count). The topological polar surface area (TPSA) is 17.1 Å². The lowest BCUT2D eigenvalue weighted by Gasteiger charge is -2.41. The molecule has 23 heavy (non-hydrogen) atoms. The number of hydrogen-bond acceptors (Lipinski definition) is 1. The van der Waals surface area contributed by atoms with E-state index in [9.17, 15) is 4.79 Å². The average Bonchev–Trinajstić information content (AvgIpc) is 2.47. The summed E-state index contributed by atoms with van der Waals surface area (Å²) in [5.41, 5.74) is 1.18. The van der Waals surface area contributed by atoms with Crippen molar-refractivity contribution in [1.82, 2.24) is 0 Å².